The van der Waals surface area contributed by atoms with Crippen molar-refractivity contribution < 1.29 is 33.0 Å². The van der Waals surface area contributed by atoms with Crippen molar-refractivity contribution in [2.24, 2.45) is 0 Å². The largest absolute Gasteiger partial charge is 0.478 e. The molecule has 0 radical (unpaired) electrons. The highest BCUT2D eigenvalue weighted by atomic mass is 35.5. The standard InChI is InChI=1S/C23H20ClF3N2O4S/c1-12-21(34-16-4-2-3-13(18(16)26)22(31)32)14-5-6-15(24)19(27)20(14)29(12)9-17(30)28-8-7-23(33,10-25)11-28/h2-6,33H,7-11H2,1H3,(H,31,32). The maximum atomic E-state index is 15.1. The molecule has 6 nitrogen and oxygen atoms in total. The van der Waals surface area contributed by atoms with Crippen LogP contribution in [0.5, 0.6) is 0 Å². The van der Waals surface area contributed by atoms with Crippen LogP contribution in [0.2, 0.25) is 5.02 Å². The zero-order chi connectivity index (χ0) is 24.8. The van der Waals surface area contributed by atoms with Gasteiger partial charge in [0.15, 0.2) is 11.6 Å². The third-order valence-corrected chi connectivity index (χ3v) is 7.50. The van der Waals surface area contributed by atoms with Gasteiger partial charge in [0.2, 0.25) is 5.91 Å². The van der Waals surface area contributed by atoms with Gasteiger partial charge in [-0.2, -0.15) is 0 Å². The van der Waals surface area contributed by atoms with Crippen LogP contribution >= 0.6 is 23.4 Å². The van der Waals surface area contributed by atoms with Crippen molar-refractivity contribution >= 4 is 46.1 Å². The Morgan fingerprint density at radius 1 is 1.21 bits per heavy atom. The number of amides is 1. The van der Waals surface area contributed by atoms with E-state index in [0.717, 1.165) is 17.8 Å². The lowest BCUT2D eigenvalue weighted by atomic mass is 10.1. The van der Waals surface area contributed by atoms with Crippen LogP contribution < -0.4 is 0 Å². The first-order valence-corrected chi connectivity index (χ1v) is 11.5. The minimum atomic E-state index is -1.59. The molecule has 1 aromatic heterocycles. The van der Waals surface area contributed by atoms with Crippen LogP contribution in [0.25, 0.3) is 10.9 Å². The fourth-order valence-electron chi connectivity index (χ4n) is 4.08. The third-order valence-electron chi connectivity index (χ3n) is 5.95. The number of carbonyl (C=O) groups is 2. The zero-order valence-corrected chi connectivity index (χ0v) is 19.5. The summed E-state index contributed by atoms with van der Waals surface area (Å²) in [6, 6.07) is 6.86. The summed E-state index contributed by atoms with van der Waals surface area (Å²) >= 11 is 6.91. The Bertz CT molecular complexity index is 1320. The summed E-state index contributed by atoms with van der Waals surface area (Å²) < 4.78 is 44.4. The molecule has 0 saturated carbocycles. The van der Waals surface area contributed by atoms with E-state index in [1.807, 2.05) is 0 Å². The molecule has 0 aliphatic carbocycles. The van der Waals surface area contributed by atoms with Crippen LogP contribution in [0, 0.1) is 18.6 Å². The van der Waals surface area contributed by atoms with Gasteiger partial charge < -0.3 is 19.7 Å². The van der Waals surface area contributed by atoms with Gasteiger partial charge in [-0.25, -0.2) is 18.0 Å². The first-order valence-electron chi connectivity index (χ1n) is 10.3. The van der Waals surface area contributed by atoms with Gasteiger partial charge in [-0.15, -0.1) is 0 Å². The van der Waals surface area contributed by atoms with Gasteiger partial charge in [-0.3, -0.25) is 4.79 Å². The number of fused-ring (bicyclic) bond motifs is 1. The Labute approximate surface area is 201 Å². The number of nitrogens with zero attached hydrogens (tertiary/aromatic N) is 2. The Balaban J connectivity index is 1.77. The van der Waals surface area contributed by atoms with Crippen molar-refractivity contribution in [1.82, 2.24) is 9.47 Å². The molecule has 4 rings (SSSR count). The molecule has 180 valence electrons. The van der Waals surface area contributed by atoms with Crippen molar-refractivity contribution in [2.45, 2.75) is 35.3 Å². The molecule has 11 heteroatoms. The third kappa shape index (κ3) is 4.25. The van der Waals surface area contributed by atoms with Crippen molar-refractivity contribution in [3.8, 4) is 0 Å². The number of β-amino-alcohol motifs (C(OH)–C–C–N with tert-alkyl or cyclic N) is 1. The molecule has 3 aromatic rings. The van der Waals surface area contributed by atoms with E-state index in [1.165, 1.54) is 27.7 Å². The quantitative estimate of drug-likeness (QED) is 0.502. The number of carboxylic acids is 1. The van der Waals surface area contributed by atoms with E-state index >= 15 is 4.39 Å². The summed E-state index contributed by atoms with van der Waals surface area (Å²) in [5.41, 5.74) is -1.61. The number of rotatable bonds is 6. The number of hydrogen-bond acceptors (Lipinski definition) is 4. The lowest BCUT2D eigenvalue weighted by Crippen LogP contribution is -2.39. The van der Waals surface area contributed by atoms with Crippen molar-refractivity contribution in [3.05, 3.63) is 58.2 Å². The number of aromatic nitrogens is 1. The molecule has 1 aliphatic rings. The predicted molar refractivity (Wildman–Crippen MR) is 121 cm³/mol. The monoisotopic (exact) mass is 512 g/mol. The number of aliphatic hydroxyl groups is 1. The maximum absolute atomic E-state index is 15.1. The summed E-state index contributed by atoms with van der Waals surface area (Å²) in [4.78, 5) is 26.0. The van der Waals surface area contributed by atoms with Gasteiger partial charge in [0.05, 0.1) is 22.6 Å². The van der Waals surface area contributed by atoms with Crippen LogP contribution in [0.15, 0.2) is 40.1 Å². The molecule has 1 amide bonds. The number of alkyl halides is 1. The summed E-state index contributed by atoms with van der Waals surface area (Å²) in [7, 11) is 0. The summed E-state index contributed by atoms with van der Waals surface area (Å²) in [5.74, 6) is -3.54. The van der Waals surface area contributed by atoms with Crippen molar-refractivity contribution in [3.63, 3.8) is 0 Å². The number of carboxylic acid groups (broad SMARTS) is 1. The highest BCUT2D eigenvalue weighted by Crippen LogP contribution is 2.41. The molecule has 0 spiro atoms. The van der Waals surface area contributed by atoms with Crippen LogP contribution in [0.4, 0.5) is 13.2 Å². The average molecular weight is 513 g/mol. The molecule has 2 aromatic carbocycles. The molecule has 2 N–H and O–H groups in total. The highest BCUT2D eigenvalue weighted by Gasteiger charge is 2.38. The molecule has 1 aliphatic heterocycles. The fraction of sp³-hybridized carbons (Fsp3) is 0.304. The molecule has 1 fully saturated rings. The van der Waals surface area contributed by atoms with E-state index in [2.05, 4.69) is 0 Å². The van der Waals surface area contributed by atoms with Crippen LogP contribution in [0.1, 0.15) is 22.5 Å². The first kappa shape index (κ1) is 24.4. The number of carbonyl (C=O) groups excluding carboxylic acids is 1. The summed E-state index contributed by atoms with van der Waals surface area (Å²) in [5, 5.41) is 19.5. The van der Waals surface area contributed by atoms with E-state index in [1.54, 1.807) is 13.0 Å². The second-order valence-electron chi connectivity index (χ2n) is 8.21. The van der Waals surface area contributed by atoms with E-state index < -0.39 is 41.4 Å². The van der Waals surface area contributed by atoms with Gasteiger partial charge in [-0.05, 0) is 37.6 Å². The Morgan fingerprint density at radius 2 is 1.94 bits per heavy atom. The smallest absolute Gasteiger partial charge is 0.338 e. The van der Waals surface area contributed by atoms with E-state index in [0.29, 0.717) is 16.0 Å². The number of aromatic carboxylic acids is 1. The minimum absolute atomic E-state index is 0.0243. The summed E-state index contributed by atoms with van der Waals surface area (Å²) in [6.45, 7) is 0.340. The van der Waals surface area contributed by atoms with Gasteiger partial charge in [0.25, 0.3) is 0 Å². The topological polar surface area (TPSA) is 82.8 Å². The summed E-state index contributed by atoms with van der Waals surface area (Å²) in [6.07, 6.45) is 0.0983. The Kier molecular flexibility index (Phi) is 6.58. The van der Waals surface area contributed by atoms with E-state index in [4.69, 9.17) is 11.6 Å². The van der Waals surface area contributed by atoms with Crippen LogP contribution in [0.3, 0.4) is 0 Å². The minimum Gasteiger partial charge on any atom is -0.478 e. The Morgan fingerprint density at radius 3 is 2.59 bits per heavy atom. The van der Waals surface area contributed by atoms with Crippen LogP contribution in [-0.2, 0) is 11.3 Å². The van der Waals surface area contributed by atoms with Crippen LogP contribution in [-0.4, -0.2) is 56.9 Å². The molecule has 34 heavy (non-hydrogen) atoms. The Hall–Kier alpha value is -2.69. The first-order chi connectivity index (χ1) is 16.1. The van der Waals surface area contributed by atoms with Gasteiger partial charge in [0.1, 0.15) is 18.8 Å². The molecular weight excluding hydrogens is 493 g/mol. The van der Waals surface area contributed by atoms with Gasteiger partial charge >= 0.3 is 5.97 Å². The number of hydrogen-bond donors (Lipinski definition) is 2. The second kappa shape index (κ2) is 9.16. The molecule has 2 heterocycles. The molecule has 1 saturated heterocycles. The molecule has 1 unspecified atom stereocenters. The fourth-order valence-corrected chi connectivity index (χ4v) is 5.33. The number of likely N-dealkylation sites (tertiary alicyclic amines) is 1. The lowest BCUT2D eigenvalue weighted by molar-refractivity contribution is -0.131. The predicted octanol–water partition coefficient (Wildman–Crippen LogP) is 4.66. The molecule has 0 bridgehead atoms. The number of halogens is 4. The van der Waals surface area contributed by atoms with Crippen molar-refractivity contribution in [2.75, 3.05) is 19.8 Å². The highest BCUT2D eigenvalue weighted by molar-refractivity contribution is 7.99. The normalized spacial score (nSPS) is 18.1. The van der Waals surface area contributed by atoms with E-state index in [-0.39, 0.29) is 41.5 Å². The molecular formula is C23H20ClF3N2O4S. The molecule has 1 atom stereocenters. The lowest BCUT2D eigenvalue weighted by Gasteiger charge is -2.21. The van der Waals surface area contributed by atoms with Crippen molar-refractivity contribution in [1.29, 1.82) is 0 Å². The van der Waals surface area contributed by atoms with Gasteiger partial charge in [-0.1, -0.05) is 29.4 Å². The second-order valence-corrected chi connectivity index (χ2v) is 9.67. The number of benzene rings is 2. The van der Waals surface area contributed by atoms with Gasteiger partial charge in [0, 0.05) is 27.4 Å². The maximum Gasteiger partial charge on any atom is 0.338 e. The van der Waals surface area contributed by atoms with E-state index in [9.17, 15) is 28.6 Å². The average Bonchev–Trinajstić information content (AvgIpc) is 3.32. The zero-order valence-electron chi connectivity index (χ0n) is 17.9. The SMILES string of the molecule is Cc1c(Sc2cccc(C(=O)O)c2F)c2ccc(Cl)c(F)c2n1CC(=O)N1CCC(O)(CF)C1.